The normalized spacial score (nSPS) is 26.5. The van der Waals surface area contributed by atoms with Crippen LogP contribution in [0, 0.1) is 0 Å². The molecule has 1 atom stereocenters. The molecule has 2 heterocycles. The zero-order valence-corrected chi connectivity index (χ0v) is 10.5. The molecule has 1 N–H and O–H groups in total. The van der Waals surface area contributed by atoms with Crippen molar-refractivity contribution in [3.05, 3.63) is 42.2 Å². The van der Waals surface area contributed by atoms with E-state index >= 15 is 0 Å². The Labute approximate surface area is 105 Å². The number of aliphatic hydroxyl groups is 1. The molecule has 0 radical (unpaired) electrons. The van der Waals surface area contributed by atoms with Crippen LogP contribution in [-0.4, -0.2) is 30.0 Å². The highest BCUT2D eigenvalue weighted by atomic mass is 32.2. The topological polar surface area (TPSA) is 67.3 Å². The van der Waals surface area contributed by atoms with Crippen molar-refractivity contribution in [1.29, 1.82) is 0 Å². The molecule has 0 bridgehead atoms. The summed E-state index contributed by atoms with van der Waals surface area (Å²) in [5.41, 5.74) is -0.615. The highest BCUT2D eigenvalue weighted by Crippen LogP contribution is 2.36. The van der Waals surface area contributed by atoms with E-state index in [1.54, 1.807) is 18.5 Å². The molecule has 0 spiro atoms. The minimum absolute atomic E-state index is 0.0418. The smallest absolute Gasteiger partial charge is 0.153 e. The van der Waals surface area contributed by atoms with Gasteiger partial charge in [0, 0.05) is 17.8 Å². The van der Waals surface area contributed by atoms with Crippen LogP contribution in [0.5, 0.6) is 0 Å². The van der Waals surface area contributed by atoms with Gasteiger partial charge in [0.25, 0.3) is 0 Å². The fraction of sp³-hybridized carbons (Fsp3) is 0.308. The molecular formula is C13H13NO3S. The zero-order valence-electron chi connectivity index (χ0n) is 9.70. The molecule has 1 aliphatic heterocycles. The number of aromatic nitrogens is 1. The molecule has 0 amide bonds. The number of pyridine rings is 1. The van der Waals surface area contributed by atoms with Crippen LogP contribution >= 0.6 is 0 Å². The summed E-state index contributed by atoms with van der Waals surface area (Å²) >= 11 is 0. The summed E-state index contributed by atoms with van der Waals surface area (Å²) in [7, 11) is -3.14. The quantitative estimate of drug-likeness (QED) is 0.840. The summed E-state index contributed by atoms with van der Waals surface area (Å²) in [5.74, 6) is -0.159. The Morgan fingerprint density at radius 1 is 1.28 bits per heavy atom. The van der Waals surface area contributed by atoms with Crippen LogP contribution in [-0.2, 0) is 15.4 Å². The maximum atomic E-state index is 11.6. The molecule has 3 rings (SSSR count). The van der Waals surface area contributed by atoms with Crippen molar-refractivity contribution in [3.63, 3.8) is 0 Å². The molecule has 0 saturated carbocycles. The van der Waals surface area contributed by atoms with Gasteiger partial charge in [-0.3, -0.25) is 4.98 Å². The van der Waals surface area contributed by atoms with Crippen LogP contribution in [0.4, 0.5) is 0 Å². The molecule has 1 aromatic carbocycles. The van der Waals surface area contributed by atoms with Crippen LogP contribution in [0.2, 0.25) is 0 Å². The minimum atomic E-state index is -3.14. The first kappa shape index (κ1) is 11.6. The Hall–Kier alpha value is -1.46. The van der Waals surface area contributed by atoms with Crippen LogP contribution in [0.3, 0.4) is 0 Å². The first-order valence-corrected chi connectivity index (χ1v) is 7.58. The van der Waals surface area contributed by atoms with Gasteiger partial charge in [-0.2, -0.15) is 0 Å². The molecule has 1 saturated heterocycles. The Morgan fingerprint density at radius 2 is 2.11 bits per heavy atom. The van der Waals surface area contributed by atoms with E-state index in [1.165, 1.54) is 0 Å². The molecule has 1 unspecified atom stereocenters. The van der Waals surface area contributed by atoms with Gasteiger partial charge < -0.3 is 5.11 Å². The van der Waals surface area contributed by atoms with Gasteiger partial charge >= 0.3 is 0 Å². The van der Waals surface area contributed by atoms with Crippen LogP contribution in [0.15, 0.2) is 36.7 Å². The highest BCUT2D eigenvalue weighted by Gasteiger charge is 2.42. The second-order valence-corrected chi connectivity index (χ2v) is 6.96. The number of hydrogen-bond acceptors (Lipinski definition) is 4. The largest absolute Gasteiger partial charge is 0.384 e. The van der Waals surface area contributed by atoms with Crippen molar-refractivity contribution in [1.82, 2.24) is 4.98 Å². The van der Waals surface area contributed by atoms with Crippen LogP contribution in [0.1, 0.15) is 12.0 Å². The SMILES string of the molecule is O=S1(=O)CCC(O)(c2cccc3ccncc23)C1. The number of benzene rings is 1. The fourth-order valence-corrected chi connectivity index (χ4v) is 4.38. The maximum Gasteiger partial charge on any atom is 0.153 e. The third-order valence-electron chi connectivity index (χ3n) is 3.47. The number of sulfone groups is 1. The van der Waals surface area contributed by atoms with Crippen molar-refractivity contribution in [2.45, 2.75) is 12.0 Å². The predicted molar refractivity (Wildman–Crippen MR) is 68.9 cm³/mol. The van der Waals surface area contributed by atoms with E-state index < -0.39 is 15.4 Å². The fourth-order valence-electron chi connectivity index (χ4n) is 2.56. The molecule has 1 aliphatic rings. The molecular weight excluding hydrogens is 250 g/mol. The number of nitrogens with zero attached hydrogens (tertiary/aromatic N) is 1. The molecule has 4 nitrogen and oxygen atoms in total. The maximum absolute atomic E-state index is 11.6. The lowest BCUT2D eigenvalue weighted by atomic mass is 9.90. The average molecular weight is 263 g/mol. The van der Waals surface area contributed by atoms with Crippen LogP contribution in [0.25, 0.3) is 10.8 Å². The predicted octanol–water partition coefficient (Wildman–Crippen LogP) is 1.24. The van der Waals surface area contributed by atoms with E-state index in [-0.39, 0.29) is 17.9 Å². The van der Waals surface area contributed by atoms with Gasteiger partial charge in [-0.25, -0.2) is 8.42 Å². The van der Waals surface area contributed by atoms with Gasteiger partial charge in [0.15, 0.2) is 9.84 Å². The molecule has 1 fully saturated rings. The highest BCUT2D eigenvalue weighted by molar-refractivity contribution is 7.91. The number of rotatable bonds is 1. The molecule has 5 heteroatoms. The van der Waals surface area contributed by atoms with Gasteiger partial charge in [-0.1, -0.05) is 18.2 Å². The lowest BCUT2D eigenvalue weighted by Crippen LogP contribution is -2.27. The lowest BCUT2D eigenvalue weighted by molar-refractivity contribution is 0.0668. The second kappa shape index (κ2) is 3.76. The van der Waals surface area contributed by atoms with E-state index in [4.69, 9.17) is 0 Å². The van der Waals surface area contributed by atoms with E-state index in [0.717, 1.165) is 10.8 Å². The summed E-state index contributed by atoms with van der Waals surface area (Å²) in [6.07, 6.45) is 3.61. The Balaban J connectivity index is 2.21. The van der Waals surface area contributed by atoms with Crippen molar-refractivity contribution in [2.24, 2.45) is 0 Å². The van der Waals surface area contributed by atoms with E-state index in [2.05, 4.69) is 4.98 Å². The minimum Gasteiger partial charge on any atom is -0.384 e. The Morgan fingerprint density at radius 3 is 2.83 bits per heavy atom. The third kappa shape index (κ3) is 1.79. The monoisotopic (exact) mass is 263 g/mol. The van der Waals surface area contributed by atoms with E-state index in [1.807, 2.05) is 18.2 Å². The van der Waals surface area contributed by atoms with Crippen molar-refractivity contribution in [3.8, 4) is 0 Å². The van der Waals surface area contributed by atoms with Crippen molar-refractivity contribution < 1.29 is 13.5 Å². The molecule has 1 aromatic heterocycles. The molecule has 18 heavy (non-hydrogen) atoms. The molecule has 94 valence electrons. The first-order valence-electron chi connectivity index (χ1n) is 5.76. The first-order chi connectivity index (χ1) is 8.50. The molecule has 2 aromatic rings. The second-order valence-electron chi connectivity index (χ2n) is 4.78. The average Bonchev–Trinajstić information content (AvgIpc) is 2.64. The van der Waals surface area contributed by atoms with Crippen LogP contribution < -0.4 is 0 Å². The third-order valence-corrected chi connectivity index (χ3v) is 5.21. The van der Waals surface area contributed by atoms with Gasteiger partial charge in [0.2, 0.25) is 0 Å². The van der Waals surface area contributed by atoms with Gasteiger partial charge in [-0.05, 0) is 23.4 Å². The molecule has 0 aliphatic carbocycles. The standard InChI is InChI=1S/C13H13NO3S/c15-13(5-7-18(16,17)9-13)12-3-1-2-10-4-6-14-8-11(10)12/h1-4,6,8,15H,5,7,9H2. The van der Waals surface area contributed by atoms with Gasteiger partial charge in [0.1, 0.15) is 5.60 Å². The summed E-state index contributed by atoms with van der Waals surface area (Å²) in [4.78, 5) is 4.05. The Bertz CT molecular complexity index is 706. The Kier molecular flexibility index (Phi) is 2.43. The van der Waals surface area contributed by atoms with E-state index in [9.17, 15) is 13.5 Å². The van der Waals surface area contributed by atoms with Crippen molar-refractivity contribution in [2.75, 3.05) is 11.5 Å². The number of hydrogen-bond donors (Lipinski definition) is 1. The van der Waals surface area contributed by atoms with E-state index in [0.29, 0.717) is 5.56 Å². The van der Waals surface area contributed by atoms with Crippen molar-refractivity contribution >= 4 is 20.6 Å². The van der Waals surface area contributed by atoms with Gasteiger partial charge in [-0.15, -0.1) is 0 Å². The van der Waals surface area contributed by atoms with Gasteiger partial charge in [0.05, 0.1) is 11.5 Å². The zero-order chi connectivity index (χ0) is 12.8. The summed E-state index contributed by atoms with van der Waals surface area (Å²) < 4.78 is 23.2. The lowest BCUT2D eigenvalue weighted by Gasteiger charge is -2.22. The number of fused-ring (bicyclic) bond motifs is 1. The summed E-state index contributed by atoms with van der Waals surface area (Å²) in [6, 6.07) is 7.39. The summed E-state index contributed by atoms with van der Waals surface area (Å²) in [5, 5.41) is 12.4. The summed E-state index contributed by atoms with van der Waals surface area (Å²) in [6.45, 7) is 0.